The van der Waals surface area contributed by atoms with Crippen molar-refractivity contribution in [2.24, 2.45) is 11.5 Å². The van der Waals surface area contributed by atoms with Crippen LogP contribution in [-0.2, 0) is 4.79 Å². The molecule has 0 spiro atoms. The summed E-state index contributed by atoms with van der Waals surface area (Å²) in [6, 6.07) is -1.60. The van der Waals surface area contributed by atoms with Crippen LogP contribution < -0.4 is 21.9 Å². The van der Waals surface area contributed by atoms with Gasteiger partial charge in [-0.25, -0.2) is 4.79 Å². The number of primary amides is 1. The van der Waals surface area contributed by atoms with Crippen LogP contribution in [-0.4, -0.2) is 24.6 Å². The highest BCUT2D eigenvalue weighted by Gasteiger charge is 2.02. The van der Waals surface area contributed by atoms with E-state index in [1.165, 1.54) is 0 Å². The quantitative estimate of drug-likeness (QED) is 0.399. The van der Waals surface area contributed by atoms with E-state index in [2.05, 4.69) is 5.32 Å². The number of nitrogens with one attached hydrogen (secondary N) is 1. The lowest BCUT2D eigenvalue weighted by Crippen LogP contribution is -2.42. The Kier molecular flexibility index (Phi) is 4.78. The summed E-state index contributed by atoms with van der Waals surface area (Å²) >= 11 is 0. The average Bonchev–Trinajstić information content (AvgIpc) is 1.97. The number of rotatable bonds is 5. The molecule has 0 aliphatic rings. The molecule has 0 aliphatic heterocycles. The molecule has 0 fully saturated rings. The second-order valence-electron chi connectivity index (χ2n) is 2.36. The maximum atomic E-state index is 10.1. The summed E-state index contributed by atoms with van der Waals surface area (Å²) in [5, 5.41) is 12.4. The monoisotopic (exact) mass is 174 g/mol. The van der Waals surface area contributed by atoms with Crippen LogP contribution in [0, 0.1) is 0 Å². The summed E-state index contributed by atoms with van der Waals surface area (Å²) in [5.41, 5.74) is 9.89. The Morgan fingerprint density at radius 2 is 2.08 bits per heavy atom. The summed E-state index contributed by atoms with van der Waals surface area (Å²) in [5.74, 6) is -1.28. The van der Waals surface area contributed by atoms with Crippen molar-refractivity contribution in [2.45, 2.75) is 18.9 Å². The van der Waals surface area contributed by atoms with Gasteiger partial charge in [0.15, 0.2) is 0 Å². The Hall–Kier alpha value is -1.30. The van der Waals surface area contributed by atoms with Gasteiger partial charge in [0, 0.05) is 12.6 Å². The number of carbonyl (C=O) groups is 2. The number of carboxylic acids is 1. The van der Waals surface area contributed by atoms with Crippen molar-refractivity contribution in [3.05, 3.63) is 0 Å². The normalized spacial score (nSPS) is 12.1. The van der Waals surface area contributed by atoms with Crippen molar-refractivity contribution in [1.29, 1.82) is 0 Å². The molecule has 5 N–H and O–H groups in total. The first kappa shape index (κ1) is 10.7. The molecule has 0 aromatic carbocycles. The van der Waals surface area contributed by atoms with Gasteiger partial charge in [0.05, 0.1) is 5.97 Å². The van der Waals surface area contributed by atoms with E-state index in [1.54, 1.807) is 0 Å². The summed E-state index contributed by atoms with van der Waals surface area (Å²) < 4.78 is 0. The van der Waals surface area contributed by atoms with Crippen LogP contribution in [0.15, 0.2) is 0 Å². The van der Waals surface area contributed by atoms with Crippen molar-refractivity contribution in [3.8, 4) is 0 Å². The zero-order valence-corrected chi connectivity index (χ0v) is 6.58. The van der Waals surface area contributed by atoms with Crippen LogP contribution in [0.25, 0.3) is 0 Å². The molecule has 0 aromatic heterocycles. The minimum Gasteiger partial charge on any atom is -0.548 e. The fourth-order valence-electron chi connectivity index (χ4n) is 0.651. The van der Waals surface area contributed by atoms with Crippen LogP contribution in [0.5, 0.6) is 0 Å². The van der Waals surface area contributed by atoms with Crippen molar-refractivity contribution >= 4 is 12.0 Å². The lowest BCUT2D eigenvalue weighted by Gasteiger charge is -2.11. The molecular formula is C6H12N3O3-. The number of carboxylic acid groups (broad SMARTS) is 1. The minimum atomic E-state index is -1.28. The molecule has 6 nitrogen and oxygen atoms in total. The third kappa shape index (κ3) is 5.48. The molecule has 0 bridgehead atoms. The molecule has 70 valence electrons. The fourth-order valence-corrected chi connectivity index (χ4v) is 0.651. The fraction of sp³-hybridized carbons (Fsp3) is 0.667. The van der Waals surface area contributed by atoms with Crippen LogP contribution in [0.1, 0.15) is 12.8 Å². The Morgan fingerprint density at radius 3 is 2.50 bits per heavy atom. The summed E-state index contributed by atoms with van der Waals surface area (Å²) in [6.45, 7) is 0.330. The van der Waals surface area contributed by atoms with Gasteiger partial charge < -0.3 is 26.7 Å². The number of carbonyl (C=O) groups excluding carboxylic acids is 2. The first-order chi connectivity index (χ1) is 5.54. The summed E-state index contributed by atoms with van der Waals surface area (Å²) in [6.07, 6.45) is 0.737. The minimum absolute atomic E-state index is 0.266. The second kappa shape index (κ2) is 5.36. The number of hydrogen-bond donors (Lipinski definition) is 3. The van der Waals surface area contributed by atoms with Gasteiger partial charge in [0.1, 0.15) is 0 Å². The van der Waals surface area contributed by atoms with Gasteiger partial charge in [-0.3, -0.25) is 0 Å². The predicted molar refractivity (Wildman–Crippen MR) is 39.8 cm³/mol. The molecule has 0 saturated carbocycles. The van der Waals surface area contributed by atoms with Crippen molar-refractivity contribution in [2.75, 3.05) is 6.54 Å². The van der Waals surface area contributed by atoms with E-state index in [4.69, 9.17) is 11.5 Å². The number of hydrogen-bond acceptors (Lipinski definition) is 4. The average molecular weight is 174 g/mol. The lowest BCUT2D eigenvalue weighted by atomic mass is 10.2. The first-order valence-electron chi connectivity index (χ1n) is 3.53. The smallest absolute Gasteiger partial charge is 0.312 e. The summed E-state index contributed by atoms with van der Waals surface area (Å²) in [4.78, 5) is 20.2. The van der Waals surface area contributed by atoms with Gasteiger partial charge in [-0.05, 0) is 12.8 Å². The van der Waals surface area contributed by atoms with E-state index in [0.717, 1.165) is 0 Å². The van der Waals surface area contributed by atoms with E-state index in [1.807, 2.05) is 0 Å². The maximum absolute atomic E-state index is 10.1. The molecule has 0 heterocycles. The van der Waals surface area contributed by atoms with Crippen molar-refractivity contribution in [3.63, 3.8) is 0 Å². The maximum Gasteiger partial charge on any atom is 0.312 e. The molecule has 0 radical (unpaired) electrons. The summed E-state index contributed by atoms with van der Waals surface area (Å²) in [7, 11) is 0. The van der Waals surface area contributed by atoms with Gasteiger partial charge in [0.2, 0.25) is 0 Å². The number of nitrogens with two attached hydrogens (primary N) is 2. The molecular weight excluding hydrogens is 162 g/mol. The zero-order chi connectivity index (χ0) is 9.56. The second-order valence-corrected chi connectivity index (χ2v) is 2.36. The highest BCUT2D eigenvalue weighted by molar-refractivity contribution is 5.71. The first-order valence-corrected chi connectivity index (χ1v) is 3.53. The molecule has 0 aliphatic carbocycles. The Labute approximate surface area is 69.9 Å². The highest BCUT2D eigenvalue weighted by atomic mass is 16.4. The number of aliphatic carboxylic acids is 1. The Bertz CT molecular complexity index is 171. The molecule has 6 heteroatoms. The molecule has 0 unspecified atom stereocenters. The van der Waals surface area contributed by atoms with Gasteiger partial charge in [-0.15, -0.1) is 0 Å². The van der Waals surface area contributed by atoms with E-state index in [-0.39, 0.29) is 6.42 Å². The predicted octanol–water partition coefficient (Wildman–Crippen LogP) is -2.49. The third-order valence-corrected chi connectivity index (χ3v) is 1.29. The van der Waals surface area contributed by atoms with Gasteiger partial charge >= 0.3 is 6.03 Å². The Balaban J connectivity index is 3.31. The standard InChI is InChI=1S/C6H13N3O3/c7-4(5(10)11)2-1-3-9-6(8)12/h4H,1-3,7H2,(H,10,11)(H3,8,9,12)/p-1/t4-/m0/s1. The third-order valence-electron chi connectivity index (χ3n) is 1.29. The highest BCUT2D eigenvalue weighted by Crippen LogP contribution is 1.91. The van der Waals surface area contributed by atoms with Crippen molar-refractivity contribution in [1.82, 2.24) is 5.32 Å². The van der Waals surface area contributed by atoms with E-state index in [9.17, 15) is 14.7 Å². The molecule has 0 saturated heterocycles. The van der Waals surface area contributed by atoms with Crippen LogP contribution in [0.4, 0.5) is 4.79 Å². The molecule has 2 amide bonds. The SMILES string of the molecule is NC(=O)NCCC[C@H](N)C(=O)[O-]. The van der Waals surface area contributed by atoms with Crippen molar-refractivity contribution < 1.29 is 14.7 Å². The van der Waals surface area contributed by atoms with E-state index in [0.29, 0.717) is 13.0 Å². The zero-order valence-electron chi connectivity index (χ0n) is 6.58. The molecule has 12 heavy (non-hydrogen) atoms. The van der Waals surface area contributed by atoms with Gasteiger partial charge in [-0.1, -0.05) is 0 Å². The molecule has 1 atom stereocenters. The van der Waals surface area contributed by atoms with E-state index < -0.39 is 18.0 Å². The topological polar surface area (TPSA) is 121 Å². The van der Waals surface area contributed by atoms with Gasteiger partial charge in [0.25, 0.3) is 0 Å². The Morgan fingerprint density at radius 1 is 1.50 bits per heavy atom. The van der Waals surface area contributed by atoms with Crippen LogP contribution in [0.3, 0.4) is 0 Å². The molecule has 0 rings (SSSR count). The lowest BCUT2D eigenvalue weighted by molar-refractivity contribution is -0.307. The van der Waals surface area contributed by atoms with Gasteiger partial charge in [-0.2, -0.15) is 0 Å². The number of urea groups is 1. The van der Waals surface area contributed by atoms with E-state index >= 15 is 0 Å². The molecule has 0 aromatic rings. The van der Waals surface area contributed by atoms with Crippen LogP contribution >= 0.6 is 0 Å². The number of amides is 2. The largest absolute Gasteiger partial charge is 0.548 e. The van der Waals surface area contributed by atoms with Crippen LogP contribution in [0.2, 0.25) is 0 Å².